The molecule has 1 atom stereocenters. The van der Waals surface area contributed by atoms with Crippen molar-refractivity contribution in [2.75, 3.05) is 0 Å². The lowest BCUT2D eigenvalue weighted by Crippen LogP contribution is -2.31. The molecule has 1 unspecified atom stereocenters. The standard InChI is InChI=1S/C14H15F2N3/c1-2-9-5-4-8-18-13(9)14(19-17)12-10(15)6-3-7-11(12)16/h3-8,14,19H,2,17H2,1H3. The number of pyridine rings is 1. The highest BCUT2D eigenvalue weighted by atomic mass is 19.1. The molecule has 2 aromatic rings. The Hall–Kier alpha value is -1.85. The van der Waals surface area contributed by atoms with Gasteiger partial charge in [0, 0.05) is 11.8 Å². The molecule has 0 fully saturated rings. The van der Waals surface area contributed by atoms with Crippen LogP contribution in [0.1, 0.15) is 29.8 Å². The molecule has 3 nitrogen and oxygen atoms in total. The Morgan fingerprint density at radius 3 is 2.47 bits per heavy atom. The summed E-state index contributed by atoms with van der Waals surface area (Å²) in [5, 5.41) is 0. The molecule has 0 amide bonds. The van der Waals surface area contributed by atoms with Crippen LogP contribution in [-0.4, -0.2) is 4.98 Å². The summed E-state index contributed by atoms with van der Waals surface area (Å²) < 4.78 is 27.7. The summed E-state index contributed by atoms with van der Waals surface area (Å²) in [6.45, 7) is 1.95. The van der Waals surface area contributed by atoms with Crippen molar-refractivity contribution >= 4 is 0 Å². The van der Waals surface area contributed by atoms with E-state index in [2.05, 4.69) is 10.4 Å². The predicted molar refractivity (Wildman–Crippen MR) is 69.1 cm³/mol. The van der Waals surface area contributed by atoms with Crippen molar-refractivity contribution in [3.63, 3.8) is 0 Å². The number of aryl methyl sites for hydroxylation is 1. The Kier molecular flexibility index (Phi) is 4.19. The van der Waals surface area contributed by atoms with Gasteiger partial charge < -0.3 is 0 Å². The van der Waals surface area contributed by atoms with Crippen LogP contribution in [0.2, 0.25) is 0 Å². The molecule has 19 heavy (non-hydrogen) atoms. The first kappa shape index (κ1) is 13.6. The van der Waals surface area contributed by atoms with Gasteiger partial charge in [-0.2, -0.15) is 0 Å². The third kappa shape index (κ3) is 2.62. The fraction of sp³-hybridized carbons (Fsp3) is 0.214. The Morgan fingerprint density at radius 2 is 1.89 bits per heavy atom. The summed E-state index contributed by atoms with van der Waals surface area (Å²) in [5.41, 5.74) is 3.77. The van der Waals surface area contributed by atoms with Gasteiger partial charge in [0.1, 0.15) is 11.6 Å². The number of benzene rings is 1. The van der Waals surface area contributed by atoms with E-state index in [1.165, 1.54) is 18.2 Å². The highest BCUT2D eigenvalue weighted by molar-refractivity contribution is 5.34. The second kappa shape index (κ2) is 5.86. The minimum absolute atomic E-state index is 0.113. The smallest absolute Gasteiger partial charge is 0.131 e. The van der Waals surface area contributed by atoms with Crippen LogP contribution >= 0.6 is 0 Å². The van der Waals surface area contributed by atoms with Crippen molar-refractivity contribution in [2.24, 2.45) is 5.84 Å². The van der Waals surface area contributed by atoms with Crippen molar-refractivity contribution < 1.29 is 8.78 Å². The van der Waals surface area contributed by atoms with Gasteiger partial charge in [-0.1, -0.05) is 19.1 Å². The first-order valence-electron chi connectivity index (χ1n) is 6.02. The number of hydrogen-bond donors (Lipinski definition) is 2. The maximum absolute atomic E-state index is 13.8. The average molecular weight is 263 g/mol. The van der Waals surface area contributed by atoms with E-state index in [9.17, 15) is 8.78 Å². The van der Waals surface area contributed by atoms with Crippen LogP contribution in [0.5, 0.6) is 0 Å². The molecule has 3 N–H and O–H groups in total. The Morgan fingerprint density at radius 1 is 1.21 bits per heavy atom. The van der Waals surface area contributed by atoms with Crippen molar-refractivity contribution in [3.8, 4) is 0 Å². The number of nitrogens with zero attached hydrogens (tertiary/aromatic N) is 1. The zero-order valence-corrected chi connectivity index (χ0v) is 10.5. The number of rotatable bonds is 4. The molecule has 5 heteroatoms. The fourth-order valence-corrected chi connectivity index (χ4v) is 2.10. The van der Waals surface area contributed by atoms with Crippen LogP contribution in [-0.2, 0) is 6.42 Å². The third-order valence-corrected chi connectivity index (χ3v) is 3.04. The number of nitrogens with two attached hydrogens (primary N) is 1. The van der Waals surface area contributed by atoms with E-state index in [4.69, 9.17) is 5.84 Å². The number of aromatic nitrogens is 1. The summed E-state index contributed by atoms with van der Waals surface area (Å²) in [6.07, 6.45) is 2.29. The lowest BCUT2D eigenvalue weighted by Gasteiger charge is -2.19. The van der Waals surface area contributed by atoms with Crippen LogP contribution in [0.15, 0.2) is 36.5 Å². The maximum Gasteiger partial charge on any atom is 0.131 e. The van der Waals surface area contributed by atoms with E-state index in [-0.39, 0.29) is 5.56 Å². The quantitative estimate of drug-likeness (QED) is 0.658. The molecule has 100 valence electrons. The molecule has 0 radical (unpaired) electrons. The topological polar surface area (TPSA) is 50.9 Å². The van der Waals surface area contributed by atoms with Gasteiger partial charge in [0.15, 0.2) is 0 Å². The van der Waals surface area contributed by atoms with Crippen LogP contribution in [0.25, 0.3) is 0 Å². The summed E-state index contributed by atoms with van der Waals surface area (Å²) in [5.74, 6) is 4.19. The van der Waals surface area contributed by atoms with Gasteiger partial charge in [-0.15, -0.1) is 0 Å². The van der Waals surface area contributed by atoms with E-state index in [1.54, 1.807) is 12.3 Å². The van der Waals surface area contributed by atoms with Gasteiger partial charge in [0.25, 0.3) is 0 Å². The molecule has 0 saturated carbocycles. The zero-order valence-electron chi connectivity index (χ0n) is 10.5. The van der Waals surface area contributed by atoms with E-state index < -0.39 is 17.7 Å². The Balaban J connectivity index is 2.57. The molecule has 1 aromatic carbocycles. The molecular weight excluding hydrogens is 248 g/mol. The monoisotopic (exact) mass is 263 g/mol. The van der Waals surface area contributed by atoms with Crippen LogP contribution in [0, 0.1) is 11.6 Å². The molecular formula is C14H15F2N3. The van der Waals surface area contributed by atoms with Crippen molar-refractivity contribution in [3.05, 3.63) is 65.0 Å². The molecule has 0 spiro atoms. The van der Waals surface area contributed by atoms with Gasteiger partial charge in [-0.3, -0.25) is 10.8 Å². The third-order valence-electron chi connectivity index (χ3n) is 3.04. The van der Waals surface area contributed by atoms with E-state index >= 15 is 0 Å². The molecule has 0 saturated heterocycles. The Bertz CT molecular complexity index is 552. The highest BCUT2D eigenvalue weighted by Crippen LogP contribution is 2.27. The summed E-state index contributed by atoms with van der Waals surface area (Å²) in [6, 6.07) is 6.58. The molecule has 0 aliphatic heterocycles. The first-order valence-corrected chi connectivity index (χ1v) is 6.02. The number of hydrogen-bond acceptors (Lipinski definition) is 3. The molecule has 1 heterocycles. The summed E-state index contributed by atoms with van der Waals surface area (Å²) in [7, 11) is 0. The zero-order chi connectivity index (χ0) is 13.8. The van der Waals surface area contributed by atoms with Gasteiger partial charge in [0.05, 0.1) is 11.7 Å². The minimum Gasteiger partial charge on any atom is -0.271 e. The molecule has 1 aromatic heterocycles. The molecule has 0 bridgehead atoms. The normalized spacial score (nSPS) is 12.4. The second-order valence-corrected chi connectivity index (χ2v) is 4.14. The maximum atomic E-state index is 13.8. The van der Waals surface area contributed by atoms with E-state index in [1.807, 2.05) is 13.0 Å². The lowest BCUT2D eigenvalue weighted by atomic mass is 9.98. The SMILES string of the molecule is CCc1cccnc1C(NN)c1c(F)cccc1F. The number of nitrogens with one attached hydrogen (secondary N) is 1. The lowest BCUT2D eigenvalue weighted by molar-refractivity contribution is 0.503. The summed E-state index contributed by atoms with van der Waals surface area (Å²) >= 11 is 0. The van der Waals surface area contributed by atoms with Crippen molar-refractivity contribution in [1.29, 1.82) is 0 Å². The highest BCUT2D eigenvalue weighted by Gasteiger charge is 2.23. The molecule has 0 aliphatic carbocycles. The number of halogens is 2. The van der Waals surface area contributed by atoms with Gasteiger partial charge in [0.2, 0.25) is 0 Å². The van der Waals surface area contributed by atoms with Crippen molar-refractivity contribution in [2.45, 2.75) is 19.4 Å². The molecule has 0 aliphatic rings. The van der Waals surface area contributed by atoms with Crippen molar-refractivity contribution in [1.82, 2.24) is 10.4 Å². The largest absolute Gasteiger partial charge is 0.271 e. The predicted octanol–water partition coefficient (Wildman–Crippen LogP) is 2.47. The molecule has 2 rings (SSSR count). The first-order chi connectivity index (χ1) is 9.19. The summed E-state index contributed by atoms with van der Waals surface area (Å²) in [4.78, 5) is 4.20. The van der Waals surface area contributed by atoms with Crippen LogP contribution in [0.4, 0.5) is 8.78 Å². The van der Waals surface area contributed by atoms with Crippen LogP contribution in [0.3, 0.4) is 0 Å². The van der Waals surface area contributed by atoms with Crippen LogP contribution < -0.4 is 11.3 Å². The van der Waals surface area contributed by atoms with E-state index in [0.717, 1.165) is 5.56 Å². The van der Waals surface area contributed by atoms with E-state index in [0.29, 0.717) is 12.1 Å². The van der Waals surface area contributed by atoms with Gasteiger partial charge in [-0.25, -0.2) is 14.2 Å². The second-order valence-electron chi connectivity index (χ2n) is 4.14. The van der Waals surface area contributed by atoms with Gasteiger partial charge >= 0.3 is 0 Å². The fourth-order valence-electron chi connectivity index (χ4n) is 2.10. The van der Waals surface area contributed by atoms with Gasteiger partial charge in [-0.05, 0) is 30.2 Å². The Labute approximate surface area is 110 Å². The number of hydrazine groups is 1. The average Bonchev–Trinajstić information content (AvgIpc) is 2.43. The minimum atomic E-state index is -0.808.